The van der Waals surface area contributed by atoms with E-state index in [1.807, 2.05) is 37.6 Å². The van der Waals surface area contributed by atoms with Crippen molar-refractivity contribution in [2.24, 2.45) is 0 Å². The highest BCUT2D eigenvalue weighted by Gasteiger charge is 2.02. The maximum absolute atomic E-state index is 4.14. The summed E-state index contributed by atoms with van der Waals surface area (Å²) >= 11 is 0. The lowest BCUT2D eigenvalue weighted by atomic mass is 10.1. The molecule has 4 nitrogen and oxygen atoms in total. The average molecular weight is 238 g/mol. The molecule has 0 radical (unpaired) electrons. The molecule has 0 aliphatic rings. The maximum atomic E-state index is 4.14. The molecule has 2 N–H and O–H groups in total. The van der Waals surface area contributed by atoms with Gasteiger partial charge in [0, 0.05) is 46.7 Å². The van der Waals surface area contributed by atoms with Crippen LogP contribution in [-0.4, -0.2) is 15.2 Å². The number of hydrogen-bond donors (Lipinski definition) is 2. The normalized spacial score (nSPS) is 10.7. The lowest BCUT2D eigenvalue weighted by Crippen LogP contribution is -2.00. The molecule has 0 saturated heterocycles. The van der Waals surface area contributed by atoms with E-state index in [4.69, 9.17) is 0 Å². The zero-order valence-corrected chi connectivity index (χ0v) is 10.1. The van der Waals surface area contributed by atoms with E-state index in [1.54, 1.807) is 0 Å². The second-order valence-electron chi connectivity index (χ2n) is 4.28. The van der Waals surface area contributed by atoms with Crippen molar-refractivity contribution in [3.63, 3.8) is 0 Å². The fourth-order valence-corrected chi connectivity index (χ4v) is 2.02. The summed E-state index contributed by atoms with van der Waals surface area (Å²) in [4.78, 5) is 4.14. The van der Waals surface area contributed by atoms with Crippen molar-refractivity contribution in [1.82, 2.24) is 15.2 Å². The molecule has 2 heterocycles. The molecule has 18 heavy (non-hydrogen) atoms. The zero-order chi connectivity index (χ0) is 12.4. The second kappa shape index (κ2) is 4.49. The molecular weight excluding hydrogens is 224 g/mol. The lowest BCUT2D eigenvalue weighted by molar-refractivity contribution is 1.04. The Morgan fingerprint density at radius 3 is 3.00 bits per heavy atom. The summed E-state index contributed by atoms with van der Waals surface area (Å²) in [5, 5.41) is 12.7. The van der Waals surface area contributed by atoms with E-state index in [1.165, 1.54) is 10.9 Å². The van der Waals surface area contributed by atoms with E-state index >= 15 is 0 Å². The SMILES string of the molecule is Cc1[nH]ncc1CNc1cccc2cnccc12. The number of nitrogens with one attached hydrogen (secondary N) is 2. The van der Waals surface area contributed by atoms with E-state index in [0.29, 0.717) is 0 Å². The van der Waals surface area contributed by atoms with Gasteiger partial charge in [0.05, 0.1) is 6.20 Å². The first-order valence-corrected chi connectivity index (χ1v) is 5.90. The van der Waals surface area contributed by atoms with Crippen molar-refractivity contribution in [2.45, 2.75) is 13.5 Å². The van der Waals surface area contributed by atoms with Gasteiger partial charge in [0.15, 0.2) is 0 Å². The smallest absolute Gasteiger partial charge is 0.0539 e. The first-order valence-electron chi connectivity index (χ1n) is 5.90. The summed E-state index contributed by atoms with van der Waals surface area (Å²) in [6.07, 6.45) is 5.55. The molecule has 4 heteroatoms. The van der Waals surface area contributed by atoms with Gasteiger partial charge in [-0.1, -0.05) is 12.1 Å². The second-order valence-corrected chi connectivity index (χ2v) is 4.28. The van der Waals surface area contributed by atoms with Crippen molar-refractivity contribution in [1.29, 1.82) is 0 Å². The van der Waals surface area contributed by atoms with Crippen LogP contribution < -0.4 is 5.32 Å². The third-order valence-electron chi connectivity index (χ3n) is 3.08. The fraction of sp³-hybridized carbons (Fsp3) is 0.143. The van der Waals surface area contributed by atoms with Gasteiger partial charge in [-0.15, -0.1) is 0 Å². The molecule has 0 amide bonds. The molecule has 3 rings (SSSR count). The topological polar surface area (TPSA) is 53.6 Å². The van der Waals surface area contributed by atoms with Crippen LogP contribution in [0.3, 0.4) is 0 Å². The van der Waals surface area contributed by atoms with E-state index < -0.39 is 0 Å². The summed E-state index contributed by atoms with van der Waals surface area (Å²) < 4.78 is 0. The molecule has 90 valence electrons. The number of aromatic nitrogens is 3. The van der Waals surface area contributed by atoms with Gasteiger partial charge in [0.2, 0.25) is 0 Å². The van der Waals surface area contributed by atoms with Gasteiger partial charge in [-0.25, -0.2) is 0 Å². The number of aryl methyl sites for hydroxylation is 1. The van der Waals surface area contributed by atoms with E-state index in [9.17, 15) is 0 Å². The molecule has 0 aliphatic heterocycles. The molecule has 0 bridgehead atoms. The lowest BCUT2D eigenvalue weighted by Gasteiger charge is -2.08. The van der Waals surface area contributed by atoms with E-state index in [0.717, 1.165) is 23.3 Å². The molecule has 0 fully saturated rings. The zero-order valence-electron chi connectivity index (χ0n) is 10.1. The Balaban J connectivity index is 1.89. The number of pyridine rings is 1. The highest BCUT2D eigenvalue weighted by molar-refractivity contribution is 5.93. The molecular formula is C14H14N4. The fourth-order valence-electron chi connectivity index (χ4n) is 2.02. The molecule has 0 atom stereocenters. The Morgan fingerprint density at radius 1 is 1.22 bits per heavy atom. The molecule has 0 unspecified atom stereocenters. The average Bonchev–Trinajstić information content (AvgIpc) is 2.82. The molecule has 0 saturated carbocycles. The molecule has 3 aromatic rings. The van der Waals surface area contributed by atoms with Crippen LogP contribution in [0.5, 0.6) is 0 Å². The summed E-state index contributed by atoms with van der Waals surface area (Å²) in [6, 6.07) is 8.21. The number of nitrogens with zero attached hydrogens (tertiary/aromatic N) is 2. The van der Waals surface area contributed by atoms with Crippen LogP contribution in [0, 0.1) is 6.92 Å². The quantitative estimate of drug-likeness (QED) is 0.737. The first kappa shape index (κ1) is 10.8. The number of aromatic amines is 1. The van der Waals surface area contributed by atoms with Crippen molar-refractivity contribution >= 4 is 16.5 Å². The predicted octanol–water partition coefficient (Wildman–Crippen LogP) is 2.88. The Kier molecular flexibility index (Phi) is 2.68. The van der Waals surface area contributed by atoms with Gasteiger partial charge in [0.25, 0.3) is 0 Å². The van der Waals surface area contributed by atoms with Gasteiger partial charge in [-0.2, -0.15) is 5.10 Å². The number of H-pyrrole nitrogens is 1. The Bertz CT molecular complexity index is 667. The van der Waals surface area contributed by atoms with Crippen LogP contribution in [0.1, 0.15) is 11.3 Å². The van der Waals surface area contributed by atoms with Gasteiger partial charge in [-0.05, 0) is 19.1 Å². The van der Waals surface area contributed by atoms with Crippen molar-refractivity contribution in [3.8, 4) is 0 Å². The van der Waals surface area contributed by atoms with Gasteiger partial charge >= 0.3 is 0 Å². The molecule has 0 aliphatic carbocycles. The standard InChI is InChI=1S/C14H14N4/c1-10-12(9-17-18-10)8-16-14-4-2-3-11-7-15-6-5-13(11)14/h2-7,9,16H,8H2,1H3,(H,17,18). The van der Waals surface area contributed by atoms with Crippen molar-refractivity contribution in [2.75, 3.05) is 5.32 Å². The van der Waals surface area contributed by atoms with E-state index in [-0.39, 0.29) is 0 Å². The highest BCUT2D eigenvalue weighted by atomic mass is 15.1. The van der Waals surface area contributed by atoms with Crippen LogP contribution in [-0.2, 0) is 6.54 Å². The predicted molar refractivity (Wildman–Crippen MR) is 72.4 cm³/mol. The largest absolute Gasteiger partial charge is 0.380 e. The Hall–Kier alpha value is -2.36. The first-order chi connectivity index (χ1) is 8.84. The Morgan fingerprint density at radius 2 is 2.17 bits per heavy atom. The Labute approximate surface area is 105 Å². The summed E-state index contributed by atoms with van der Waals surface area (Å²) in [6.45, 7) is 2.79. The third-order valence-corrected chi connectivity index (χ3v) is 3.08. The summed E-state index contributed by atoms with van der Waals surface area (Å²) in [7, 11) is 0. The van der Waals surface area contributed by atoms with Crippen molar-refractivity contribution in [3.05, 3.63) is 54.1 Å². The van der Waals surface area contributed by atoms with E-state index in [2.05, 4.69) is 32.6 Å². The minimum atomic E-state index is 0.768. The minimum Gasteiger partial charge on any atom is -0.380 e. The minimum absolute atomic E-state index is 0.768. The monoisotopic (exact) mass is 238 g/mol. The number of fused-ring (bicyclic) bond motifs is 1. The third kappa shape index (κ3) is 1.93. The maximum Gasteiger partial charge on any atom is 0.0539 e. The molecule has 2 aromatic heterocycles. The number of benzene rings is 1. The summed E-state index contributed by atoms with van der Waals surface area (Å²) in [5.74, 6) is 0. The van der Waals surface area contributed by atoms with Crippen LogP contribution in [0.2, 0.25) is 0 Å². The molecule has 1 aromatic carbocycles. The van der Waals surface area contributed by atoms with Crippen LogP contribution in [0.4, 0.5) is 5.69 Å². The molecule has 0 spiro atoms. The van der Waals surface area contributed by atoms with Gasteiger partial charge < -0.3 is 5.32 Å². The summed E-state index contributed by atoms with van der Waals surface area (Å²) in [5.41, 5.74) is 3.40. The number of rotatable bonds is 3. The van der Waals surface area contributed by atoms with Gasteiger partial charge in [-0.3, -0.25) is 10.1 Å². The van der Waals surface area contributed by atoms with Gasteiger partial charge in [0.1, 0.15) is 0 Å². The number of hydrogen-bond acceptors (Lipinski definition) is 3. The van der Waals surface area contributed by atoms with Crippen molar-refractivity contribution < 1.29 is 0 Å². The number of anilines is 1. The van der Waals surface area contributed by atoms with Crippen LogP contribution >= 0.6 is 0 Å². The highest BCUT2D eigenvalue weighted by Crippen LogP contribution is 2.22. The van der Waals surface area contributed by atoms with Crippen LogP contribution in [0.15, 0.2) is 42.9 Å². The van der Waals surface area contributed by atoms with Crippen LogP contribution in [0.25, 0.3) is 10.8 Å².